The second-order valence-electron chi connectivity index (χ2n) is 0.372. The summed E-state index contributed by atoms with van der Waals surface area (Å²) in [6, 6.07) is 0. The van der Waals surface area contributed by atoms with E-state index in [-0.39, 0.29) is 0 Å². The fourth-order valence-corrected chi connectivity index (χ4v) is 0.118. The van der Waals surface area contributed by atoms with Crippen LogP contribution in [0.25, 0.3) is 0 Å². The van der Waals surface area contributed by atoms with E-state index in [1.807, 2.05) is 0 Å². The molecule has 0 saturated carbocycles. The summed E-state index contributed by atoms with van der Waals surface area (Å²) < 4.78 is 3.53. The van der Waals surface area contributed by atoms with Crippen molar-refractivity contribution in [3.8, 4) is 0 Å². The summed E-state index contributed by atoms with van der Waals surface area (Å²) >= 11 is 0.418. The van der Waals surface area contributed by atoms with E-state index in [1.54, 1.807) is 0 Å². The second kappa shape index (κ2) is 5.19. The van der Waals surface area contributed by atoms with Gasteiger partial charge in [-0.2, -0.15) is 4.33 Å². The zero-order chi connectivity index (χ0) is 4.83. The minimum absolute atomic E-state index is 0.418. The van der Waals surface area contributed by atoms with Crippen molar-refractivity contribution in [1.82, 2.24) is 0 Å². The Kier molecular flexibility index (Phi) is 5.35. The Balaban J connectivity index is 2.34. The van der Waals surface area contributed by atoms with Gasteiger partial charge in [0.25, 0.3) is 0 Å². The van der Waals surface area contributed by atoms with Crippen molar-refractivity contribution in [1.29, 1.82) is 0 Å². The largest absolute Gasteiger partial charge is 0.845 e. The van der Waals surface area contributed by atoms with Crippen LogP contribution in [0.4, 0.5) is 0 Å². The lowest BCUT2D eigenvalue weighted by atomic mass is 11.7. The van der Waals surface area contributed by atoms with Crippen LogP contribution in [0, 0.1) is 0 Å². The molecule has 0 amide bonds. The van der Waals surface area contributed by atoms with Gasteiger partial charge in [0.1, 0.15) is 0 Å². The average Bonchev–Trinajstić information content (AvgIpc) is 1.61. The van der Waals surface area contributed by atoms with Gasteiger partial charge in [0.15, 0.2) is 0 Å². The smallest absolute Gasteiger partial charge is 0.0123 e. The normalized spacial score (nSPS) is 9.00. The second-order valence-corrected chi connectivity index (χ2v) is 0.979. The summed E-state index contributed by atoms with van der Waals surface area (Å²) in [6.07, 6.45) is 0. The Hall–Kier alpha value is 0.190. The first-order chi connectivity index (χ1) is 2.91. The summed E-state index contributed by atoms with van der Waals surface area (Å²) in [5.41, 5.74) is 0. The molecule has 0 rings (SSSR count). The van der Waals surface area contributed by atoms with E-state index in [1.165, 1.54) is 0 Å². The summed E-state index contributed by atoms with van der Waals surface area (Å²) in [5.74, 6) is -0.526. The van der Waals surface area contributed by atoms with Gasteiger partial charge < -0.3 is 10.4 Å². The zero-order valence-corrected chi connectivity index (χ0v) is 3.56. The topological polar surface area (TPSA) is 64.6 Å². The van der Waals surface area contributed by atoms with E-state index < -0.39 is 5.94 Å². The lowest BCUT2D eigenvalue weighted by molar-refractivity contribution is -0.777. The highest BCUT2D eigenvalue weighted by Crippen LogP contribution is 1.92. The van der Waals surface area contributed by atoms with E-state index in [0.29, 0.717) is 12.0 Å². The van der Waals surface area contributed by atoms with Crippen LogP contribution in [0.1, 0.15) is 0 Å². The highest BCUT2D eigenvalue weighted by atomic mass is 32.2. The lowest BCUT2D eigenvalue weighted by Crippen LogP contribution is -2.06. The molecule has 4 nitrogen and oxygen atoms in total. The molecule has 0 bridgehead atoms. The van der Waals surface area contributed by atoms with Gasteiger partial charge in [-0.1, -0.05) is 5.94 Å². The molecule has 0 unspecified atom stereocenters. The van der Waals surface area contributed by atoms with Crippen LogP contribution in [-0.2, 0) is 9.37 Å². The van der Waals surface area contributed by atoms with Gasteiger partial charge in [-0.05, 0) is 0 Å². The van der Waals surface area contributed by atoms with E-state index >= 15 is 0 Å². The van der Waals surface area contributed by atoms with Crippen LogP contribution in [-0.4, -0.2) is 5.94 Å². The first-order valence-electron chi connectivity index (χ1n) is 1.08. The Bertz CT molecular complexity index is 19.5. The molecule has 0 aliphatic carbocycles. The zero-order valence-electron chi connectivity index (χ0n) is 2.75. The Morgan fingerprint density at radius 1 is 1.67 bits per heavy atom. The third-order valence-corrected chi connectivity index (χ3v) is 0.372. The number of hydrogen-bond donors (Lipinski definition) is 0. The van der Waals surface area contributed by atoms with Crippen molar-refractivity contribution in [3.05, 3.63) is 0 Å². The third kappa shape index (κ3) is 4.19. The monoisotopic (exact) mass is 110 g/mol. The van der Waals surface area contributed by atoms with Crippen LogP contribution >= 0.6 is 12.0 Å². The third-order valence-electron chi connectivity index (χ3n) is 0.124. The summed E-state index contributed by atoms with van der Waals surface area (Å²) in [7, 11) is 0. The van der Waals surface area contributed by atoms with Gasteiger partial charge >= 0.3 is 0 Å². The first-order valence-corrected chi connectivity index (χ1v) is 1.99. The SMILES string of the molecule is [O-]CSOO[O-]. The molecule has 0 radical (unpaired) electrons. The lowest BCUT2D eigenvalue weighted by Gasteiger charge is -2.03. The van der Waals surface area contributed by atoms with Gasteiger partial charge in [-0.15, -0.1) is 0 Å². The summed E-state index contributed by atoms with van der Waals surface area (Å²) in [4.78, 5) is 0. The Morgan fingerprint density at radius 2 is 2.33 bits per heavy atom. The highest BCUT2D eigenvalue weighted by Gasteiger charge is 1.65. The maximum Gasteiger partial charge on any atom is 0.0123 e. The highest BCUT2D eigenvalue weighted by molar-refractivity contribution is 7.94. The Morgan fingerprint density at radius 3 is 2.50 bits per heavy atom. The van der Waals surface area contributed by atoms with E-state index in [4.69, 9.17) is 5.26 Å². The molecule has 38 valence electrons. The molecule has 0 atom stereocenters. The van der Waals surface area contributed by atoms with Gasteiger partial charge in [-0.3, -0.25) is 5.04 Å². The van der Waals surface area contributed by atoms with E-state index in [2.05, 4.69) is 9.37 Å². The predicted molar refractivity (Wildman–Crippen MR) is 14.6 cm³/mol. The number of hydrogen-bond acceptors (Lipinski definition) is 5. The van der Waals surface area contributed by atoms with Crippen molar-refractivity contribution >= 4 is 12.0 Å². The quantitative estimate of drug-likeness (QED) is 0.141. The van der Waals surface area contributed by atoms with Crippen LogP contribution in [0.3, 0.4) is 0 Å². The minimum Gasteiger partial charge on any atom is -0.845 e. The van der Waals surface area contributed by atoms with E-state index in [0.717, 1.165) is 0 Å². The summed E-state index contributed by atoms with van der Waals surface area (Å²) in [5, 5.41) is 20.9. The standard InChI is InChI=1S/CH3O4S/c2-1-6-5-4-3/h3H,1H2/q-1/p-1. The minimum atomic E-state index is -0.526. The maximum absolute atomic E-state index is 9.31. The van der Waals surface area contributed by atoms with Gasteiger partial charge in [-0.25, -0.2) is 0 Å². The first kappa shape index (κ1) is 6.19. The molecule has 0 fully saturated rings. The Labute approximate surface area is 38.7 Å². The molecule has 0 aliphatic heterocycles. The van der Waals surface area contributed by atoms with Crippen molar-refractivity contribution in [2.45, 2.75) is 0 Å². The van der Waals surface area contributed by atoms with Gasteiger partial charge in [0, 0.05) is 12.0 Å². The van der Waals surface area contributed by atoms with Crippen LogP contribution in [0.2, 0.25) is 0 Å². The molecule has 0 spiro atoms. The maximum atomic E-state index is 9.31. The van der Waals surface area contributed by atoms with Crippen LogP contribution in [0.15, 0.2) is 0 Å². The molecule has 6 heavy (non-hydrogen) atoms. The molecule has 0 aliphatic rings. The van der Waals surface area contributed by atoms with Crippen molar-refractivity contribution in [2.24, 2.45) is 0 Å². The molecule has 0 heterocycles. The van der Waals surface area contributed by atoms with Crippen molar-refractivity contribution in [3.63, 3.8) is 0 Å². The molecule has 0 aromatic rings. The van der Waals surface area contributed by atoms with Crippen molar-refractivity contribution < 1.29 is 19.7 Å². The van der Waals surface area contributed by atoms with E-state index in [9.17, 15) is 5.11 Å². The molecule has 0 aromatic carbocycles. The van der Waals surface area contributed by atoms with Gasteiger partial charge in [0.2, 0.25) is 0 Å². The van der Waals surface area contributed by atoms with Crippen molar-refractivity contribution in [2.75, 3.05) is 5.94 Å². The summed E-state index contributed by atoms with van der Waals surface area (Å²) in [6.45, 7) is 0. The predicted octanol–water partition coefficient (Wildman–Crippen LogP) is -1.82. The molecule has 0 saturated heterocycles. The van der Waals surface area contributed by atoms with Crippen LogP contribution in [0.5, 0.6) is 0 Å². The average molecular weight is 110 g/mol. The molecule has 0 N–H and O–H groups in total. The fourth-order valence-electron chi connectivity index (χ4n) is 0.0393. The molecule has 0 aromatic heterocycles. The molecular formula is CH2O4S-2. The molecular weight excluding hydrogens is 108 g/mol. The van der Waals surface area contributed by atoms with Gasteiger partial charge in [0.05, 0.1) is 0 Å². The molecule has 5 heteroatoms. The van der Waals surface area contributed by atoms with Crippen LogP contribution < -0.4 is 10.4 Å². The fraction of sp³-hybridized carbons (Fsp3) is 1.00. The number of rotatable bonds is 3.